The maximum Gasteiger partial charge on any atom is 0.221 e. The lowest BCUT2D eigenvalue weighted by Gasteiger charge is -2.12. The molecule has 0 bridgehead atoms. The van der Waals surface area contributed by atoms with Crippen LogP contribution in [0, 0.1) is 0 Å². The van der Waals surface area contributed by atoms with Gasteiger partial charge in [-0.3, -0.25) is 4.79 Å². The lowest BCUT2D eigenvalue weighted by Crippen LogP contribution is -2.30. The van der Waals surface area contributed by atoms with Crippen molar-refractivity contribution in [2.45, 2.75) is 44.2 Å². The van der Waals surface area contributed by atoms with Crippen molar-refractivity contribution in [1.29, 1.82) is 0 Å². The van der Waals surface area contributed by atoms with Gasteiger partial charge in [0.15, 0.2) is 0 Å². The molecule has 1 aromatic rings. The molecule has 0 aliphatic heterocycles. The van der Waals surface area contributed by atoms with Gasteiger partial charge in [-0.25, -0.2) is 0 Å². The molecule has 1 aromatic carbocycles. The summed E-state index contributed by atoms with van der Waals surface area (Å²) >= 11 is 1.73. The summed E-state index contributed by atoms with van der Waals surface area (Å²) in [6.45, 7) is 6.10. The van der Waals surface area contributed by atoms with Crippen LogP contribution in [0.3, 0.4) is 0 Å². The van der Waals surface area contributed by atoms with Crippen molar-refractivity contribution < 1.29 is 4.79 Å². The van der Waals surface area contributed by atoms with Gasteiger partial charge in [-0.05, 0) is 45.5 Å². The van der Waals surface area contributed by atoms with Crippen molar-refractivity contribution in [2.75, 3.05) is 12.8 Å². The monoisotopic (exact) mass is 280 g/mol. The van der Waals surface area contributed by atoms with Crippen LogP contribution in [0.25, 0.3) is 0 Å². The maximum absolute atomic E-state index is 11.5. The number of benzene rings is 1. The highest BCUT2D eigenvalue weighted by atomic mass is 32.2. The minimum atomic E-state index is 0.127. The molecule has 1 unspecified atom stereocenters. The van der Waals surface area contributed by atoms with Gasteiger partial charge in [0.05, 0.1) is 0 Å². The van der Waals surface area contributed by atoms with E-state index in [1.54, 1.807) is 11.8 Å². The lowest BCUT2D eigenvalue weighted by molar-refractivity contribution is -0.121. The Morgan fingerprint density at radius 3 is 2.68 bits per heavy atom. The minimum absolute atomic E-state index is 0.127. The molecule has 3 nitrogen and oxygen atoms in total. The predicted octanol–water partition coefficient (Wildman–Crippen LogP) is 2.97. The van der Waals surface area contributed by atoms with Crippen LogP contribution in [0.15, 0.2) is 29.2 Å². The van der Waals surface area contributed by atoms with E-state index < -0.39 is 0 Å². The summed E-state index contributed by atoms with van der Waals surface area (Å²) in [5.74, 6) is 0.942. The fourth-order valence-corrected chi connectivity index (χ4v) is 2.61. The second-order valence-electron chi connectivity index (χ2n) is 4.90. The molecule has 2 N–H and O–H groups in total. The molecule has 0 spiro atoms. The first-order valence-corrected chi connectivity index (χ1v) is 7.71. The van der Waals surface area contributed by atoms with Crippen LogP contribution in [0.2, 0.25) is 0 Å². The van der Waals surface area contributed by atoms with Crippen LogP contribution >= 0.6 is 11.8 Å². The SMILES string of the molecule is CNC(C)c1cccc(SCCC(=O)NC(C)C)c1. The number of rotatable bonds is 7. The van der Waals surface area contributed by atoms with E-state index in [9.17, 15) is 4.79 Å². The Balaban J connectivity index is 2.43. The second kappa shape index (κ2) is 8.23. The quantitative estimate of drug-likeness (QED) is 0.755. The molecule has 1 rings (SSSR count). The van der Waals surface area contributed by atoms with Gasteiger partial charge >= 0.3 is 0 Å². The first kappa shape index (κ1) is 16.1. The molecule has 0 saturated carbocycles. The molecular weight excluding hydrogens is 256 g/mol. The Kier molecular flexibility index (Phi) is 6.95. The summed E-state index contributed by atoms with van der Waals surface area (Å²) in [5, 5.41) is 6.14. The zero-order valence-electron chi connectivity index (χ0n) is 12.2. The first-order valence-electron chi connectivity index (χ1n) is 6.72. The number of hydrogen-bond donors (Lipinski definition) is 2. The smallest absolute Gasteiger partial charge is 0.221 e. The van der Waals surface area contributed by atoms with Crippen LogP contribution < -0.4 is 10.6 Å². The highest BCUT2D eigenvalue weighted by Gasteiger charge is 2.05. The third-order valence-corrected chi connectivity index (χ3v) is 3.83. The Hall–Kier alpha value is -1.00. The van der Waals surface area contributed by atoms with E-state index in [2.05, 4.69) is 41.8 Å². The molecule has 19 heavy (non-hydrogen) atoms. The maximum atomic E-state index is 11.5. The average molecular weight is 280 g/mol. The number of thioether (sulfide) groups is 1. The van der Waals surface area contributed by atoms with E-state index in [-0.39, 0.29) is 11.9 Å². The first-order chi connectivity index (χ1) is 9.02. The Morgan fingerprint density at radius 2 is 2.05 bits per heavy atom. The molecule has 0 heterocycles. The summed E-state index contributed by atoms with van der Waals surface area (Å²) in [6.07, 6.45) is 0.564. The van der Waals surface area contributed by atoms with Gasteiger partial charge in [-0.2, -0.15) is 0 Å². The van der Waals surface area contributed by atoms with Crippen molar-refractivity contribution in [3.05, 3.63) is 29.8 Å². The van der Waals surface area contributed by atoms with E-state index in [4.69, 9.17) is 0 Å². The van der Waals surface area contributed by atoms with Crippen LogP contribution in [0.5, 0.6) is 0 Å². The summed E-state index contributed by atoms with van der Waals surface area (Å²) in [4.78, 5) is 12.8. The van der Waals surface area contributed by atoms with E-state index in [0.29, 0.717) is 12.5 Å². The molecular formula is C15H24N2OS. The lowest BCUT2D eigenvalue weighted by atomic mass is 10.1. The van der Waals surface area contributed by atoms with Gasteiger partial charge in [-0.15, -0.1) is 11.8 Å². The standard InChI is InChI=1S/C15H24N2OS/c1-11(2)17-15(18)8-9-19-14-7-5-6-13(10-14)12(3)16-4/h5-7,10-12,16H,8-9H2,1-4H3,(H,17,18). The van der Waals surface area contributed by atoms with Crippen molar-refractivity contribution in [3.63, 3.8) is 0 Å². The summed E-state index contributed by atoms with van der Waals surface area (Å²) in [5.41, 5.74) is 1.28. The van der Waals surface area contributed by atoms with Crippen molar-refractivity contribution in [2.24, 2.45) is 0 Å². The van der Waals surface area contributed by atoms with Crippen LogP contribution in [-0.2, 0) is 4.79 Å². The molecule has 0 radical (unpaired) electrons. The highest BCUT2D eigenvalue weighted by Crippen LogP contribution is 2.22. The molecule has 0 aromatic heterocycles. The molecule has 0 saturated heterocycles. The second-order valence-corrected chi connectivity index (χ2v) is 6.07. The summed E-state index contributed by atoms with van der Waals surface area (Å²) in [7, 11) is 1.96. The molecule has 1 atom stereocenters. The molecule has 4 heteroatoms. The minimum Gasteiger partial charge on any atom is -0.354 e. The predicted molar refractivity (Wildman–Crippen MR) is 82.5 cm³/mol. The normalized spacial score (nSPS) is 12.5. The highest BCUT2D eigenvalue weighted by molar-refractivity contribution is 7.99. The molecule has 106 valence electrons. The molecule has 0 aliphatic rings. The number of carbonyl (C=O) groups is 1. The van der Waals surface area contributed by atoms with Crippen LogP contribution in [-0.4, -0.2) is 24.7 Å². The summed E-state index contributed by atoms with van der Waals surface area (Å²) < 4.78 is 0. The van der Waals surface area contributed by atoms with Gasteiger partial charge in [0, 0.05) is 29.2 Å². The van der Waals surface area contributed by atoms with E-state index in [0.717, 1.165) is 5.75 Å². The van der Waals surface area contributed by atoms with Gasteiger partial charge in [-0.1, -0.05) is 12.1 Å². The Labute approximate surface area is 120 Å². The number of nitrogens with one attached hydrogen (secondary N) is 2. The van der Waals surface area contributed by atoms with E-state index in [1.165, 1.54) is 10.5 Å². The zero-order chi connectivity index (χ0) is 14.3. The fourth-order valence-electron chi connectivity index (χ4n) is 1.70. The van der Waals surface area contributed by atoms with Crippen molar-refractivity contribution >= 4 is 17.7 Å². The van der Waals surface area contributed by atoms with E-state index >= 15 is 0 Å². The van der Waals surface area contributed by atoms with Crippen molar-refractivity contribution in [3.8, 4) is 0 Å². The largest absolute Gasteiger partial charge is 0.354 e. The van der Waals surface area contributed by atoms with Gasteiger partial charge in [0.1, 0.15) is 0 Å². The summed E-state index contributed by atoms with van der Waals surface area (Å²) in [6, 6.07) is 9.04. The van der Waals surface area contributed by atoms with Gasteiger partial charge in [0.2, 0.25) is 5.91 Å². The van der Waals surface area contributed by atoms with Crippen LogP contribution in [0.1, 0.15) is 38.8 Å². The molecule has 0 aliphatic carbocycles. The van der Waals surface area contributed by atoms with E-state index in [1.807, 2.05) is 20.9 Å². The third kappa shape index (κ3) is 6.12. The average Bonchev–Trinajstić information content (AvgIpc) is 2.37. The molecule has 1 amide bonds. The third-order valence-electron chi connectivity index (χ3n) is 2.84. The molecule has 0 fully saturated rings. The Morgan fingerprint density at radius 1 is 1.32 bits per heavy atom. The van der Waals surface area contributed by atoms with Gasteiger partial charge in [0.25, 0.3) is 0 Å². The zero-order valence-corrected chi connectivity index (χ0v) is 13.0. The Bertz CT molecular complexity index is 407. The topological polar surface area (TPSA) is 41.1 Å². The van der Waals surface area contributed by atoms with Crippen molar-refractivity contribution in [1.82, 2.24) is 10.6 Å². The van der Waals surface area contributed by atoms with Gasteiger partial charge < -0.3 is 10.6 Å². The fraction of sp³-hybridized carbons (Fsp3) is 0.533. The number of amides is 1. The number of carbonyl (C=O) groups excluding carboxylic acids is 1. The van der Waals surface area contributed by atoms with Crippen LogP contribution in [0.4, 0.5) is 0 Å². The number of hydrogen-bond acceptors (Lipinski definition) is 3.